The molecule has 0 aromatic heterocycles. The number of amides is 4. The molecule has 0 bridgehead atoms. The van der Waals surface area contributed by atoms with Crippen LogP contribution >= 0.6 is 0 Å². The first-order chi connectivity index (χ1) is 8.95. The van der Waals surface area contributed by atoms with Gasteiger partial charge in [0.05, 0.1) is 0 Å². The normalized spacial score (nSPS) is 32.4. The van der Waals surface area contributed by atoms with Gasteiger partial charge in [-0.1, -0.05) is 13.8 Å². The van der Waals surface area contributed by atoms with Crippen LogP contribution in [-0.4, -0.2) is 23.1 Å². The van der Waals surface area contributed by atoms with Gasteiger partial charge in [-0.05, 0) is 38.5 Å². The Kier molecular flexibility index (Phi) is 4.50. The number of hydrogen-bond donors (Lipinski definition) is 6. The first kappa shape index (κ1) is 16.5. The quantitative estimate of drug-likeness (QED) is 0.407. The molecule has 1 saturated carbocycles. The Bertz CT molecular complexity index is 365. The van der Waals surface area contributed by atoms with Gasteiger partial charge in [-0.25, -0.2) is 20.4 Å². The molecule has 0 aromatic carbocycles. The minimum atomic E-state index is -0.625. The maximum absolute atomic E-state index is 10.9. The summed E-state index contributed by atoms with van der Waals surface area (Å²) in [4.78, 5) is 21.8. The van der Waals surface area contributed by atoms with Crippen LogP contribution in [-0.2, 0) is 0 Å². The summed E-state index contributed by atoms with van der Waals surface area (Å²) in [5, 5.41) is 0. The van der Waals surface area contributed by atoms with Crippen molar-refractivity contribution in [3.63, 3.8) is 0 Å². The Morgan fingerprint density at radius 3 is 1.45 bits per heavy atom. The van der Waals surface area contributed by atoms with Crippen LogP contribution < -0.4 is 33.2 Å². The Hall–Kier alpha value is -1.54. The second kappa shape index (κ2) is 5.45. The maximum atomic E-state index is 10.9. The first-order valence-electron chi connectivity index (χ1n) is 6.61. The number of carbonyl (C=O) groups is 2. The average molecular weight is 286 g/mol. The van der Waals surface area contributed by atoms with Gasteiger partial charge < -0.3 is 11.5 Å². The van der Waals surface area contributed by atoms with E-state index >= 15 is 0 Å². The Morgan fingerprint density at radius 1 is 0.800 bits per heavy atom. The van der Waals surface area contributed by atoms with Gasteiger partial charge in [0.15, 0.2) is 0 Å². The molecule has 8 N–H and O–H groups in total. The van der Waals surface area contributed by atoms with Crippen LogP contribution in [0.15, 0.2) is 0 Å². The lowest BCUT2D eigenvalue weighted by Crippen LogP contribution is -2.66. The fourth-order valence-electron chi connectivity index (χ4n) is 3.76. The number of hydrazine groups is 2. The topological polar surface area (TPSA) is 134 Å². The van der Waals surface area contributed by atoms with E-state index in [1.807, 2.05) is 13.8 Å². The lowest BCUT2D eigenvalue weighted by Gasteiger charge is -2.52. The molecule has 0 saturated heterocycles. The lowest BCUT2D eigenvalue weighted by molar-refractivity contribution is 0.0432. The summed E-state index contributed by atoms with van der Waals surface area (Å²) in [6.07, 6.45) is 2.40. The summed E-state index contributed by atoms with van der Waals surface area (Å²) in [6, 6.07) is -1.25. The molecule has 1 fully saturated rings. The van der Waals surface area contributed by atoms with Crippen molar-refractivity contribution in [2.24, 2.45) is 16.9 Å². The molecule has 2 atom stereocenters. The van der Waals surface area contributed by atoms with Crippen LogP contribution in [0.3, 0.4) is 0 Å². The standard InChI is InChI=1S/C12H26N6O2/c1-10(2)5-11(3,17-15-8(13)19)7-12(4,6-10)18-16-9(14)20/h17-18H,5-7H2,1-4H3,(H3,13,15,19)(H3,14,16,20). The number of urea groups is 2. The minimum absolute atomic E-state index is 0.0143. The van der Waals surface area contributed by atoms with Crippen molar-refractivity contribution in [3.05, 3.63) is 0 Å². The zero-order valence-electron chi connectivity index (χ0n) is 12.6. The molecule has 0 aliphatic heterocycles. The van der Waals surface area contributed by atoms with Crippen LogP contribution in [0.1, 0.15) is 47.0 Å². The van der Waals surface area contributed by atoms with Crippen molar-refractivity contribution in [1.82, 2.24) is 21.7 Å². The van der Waals surface area contributed by atoms with Gasteiger partial charge in [0, 0.05) is 11.1 Å². The second-order valence-corrected chi connectivity index (χ2v) is 7.04. The van der Waals surface area contributed by atoms with Crippen LogP contribution in [0, 0.1) is 5.41 Å². The predicted octanol–water partition coefficient (Wildman–Crippen LogP) is 0.0597. The molecule has 8 heteroatoms. The monoisotopic (exact) mass is 286 g/mol. The third-order valence-corrected chi connectivity index (χ3v) is 3.49. The summed E-state index contributed by atoms with van der Waals surface area (Å²) in [5.74, 6) is 0. The molecule has 1 aliphatic carbocycles. The highest BCUT2D eigenvalue weighted by Gasteiger charge is 2.47. The molecule has 116 valence electrons. The van der Waals surface area contributed by atoms with Crippen molar-refractivity contribution < 1.29 is 9.59 Å². The maximum Gasteiger partial charge on any atom is 0.326 e. The van der Waals surface area contributed by atoms with Gasteiger partial charge in [0.2, 0.25) is 0 Å². The van der Waals surface area contributed by atoms with E-state index < -0.39 is 12.1 Å². The Labute approximate surface area is 119 Å². The fraction of sp³-hybridized carbons (Fsp3) is 0.833. The third kappa shape index (κ3) is 4.86. The Morgan fingerprint density at radius 2 is 1.15 bits per heavy atom. The van der Waals surface area contributed by atoms with E-state index in [1.165, 1.54) is 0 Å². The number of nitrogens with two attached hydrogens (primary N) is 2. The number of nitrogens with one attached hydrogen (secondary N) is 4. The van der Waals surface area contributed by atoms with Crippen molar-refractivity contribution in [3.8, 4) is 0 Å². The number of hydrogen-bond acceptors (Lipinski definition) is 4. The summed E-state index contributed by atoms with van der Waals surface area (Å²) in [6.45, 7) is 8.29. The first-order valence-corrected chi connectivity index (χ1v) is 6.61. The molecule has 0 heterocycles. The zero-order chi connectivity index (χ0) is 15.6. The third-order valence-electron chi connectivity index (χ3n) is 3.49. The van der Waals surface area contributed by atoms with E-state index in [4.69, 9.17) is 11.5 Å². The van der Waals surface area contributed by atoms with E-state index in [0.29, 0.717) is 6.42 Å². The Balaban J connectivity index is 2.82. The van der Waals surface area contributed by atoms with Gasteiger partial charge >= 0.3 is 12.1 Å². The van der Waals surface area contributed by atoms with Gasteiger partial charge in [-0.3, -0.25) is 10.9 Å². The van der Waals surface area contributed by atoms with E-state index in [9.17, 15) is 9.59 Å². The second-order valence-electron chi connectivity index (χ2n) is 7.04. The molecule has 4 amide bonds. The summed E-state index contributed by atoms with van der Waals surface area (Å²) in [5.41, 5.74) is 20.4. The summed E-state index contributed by atoms with van der Waals surface area (Å²) < 4.78 is 0. The van der Waals surface area contributed by atoms with Gasteiger partial charge in [0.25, 0.3) is 0 Å². The molecule has 2 unspecified atom stereocenters. The van der Waals surface area contributed by atoms with Crippen molar-refractivity contribution >= 4 is 12.1 Å². The molecular formula is C12H26N6O2. The number of primary amides is 2. The summed E-state index contributed by atoms with van der Waals surface area (Å²) in [7, 11) is 0. The van der Waals surface area contributed by atoms with Crippen molar-refractivity contribution in [1.29, 1.82) is 0 Å². The van der Waals surface area contributed by atoms with Crippen molar-refractivity contribution in [2.75, 3.05) is 0 Å². The van der Waals surface area contributed by atoms with E-state index in [2.05, 4.69) is 35.6 Å². The van der Waals surface area contributed by atoms with E-state index in [1.54, 1.807) is 0 Å². The molecule has 1 aliphatic rings. The van der Waals surface area contributed by atoms with Crippen molar-refractivity contribution in [2.45, 2.75) is 58.0 Å². The number of carbonyl (C=O) groups excluding carboxylic acids is 2. The van der Waals surface area contributed by atoms with E-state index in [0.717, 1.165) is 12.8 Å². The highest BCUT2D eigenvalue weighted by atomic mass is 16.2. The average Bonchev–Trinajstić information content (AvgIpc) is 2.21. The summed E-state index contributed by atoms with van der Waals surface area (Å²) >= 11 is 0. The zero-order valence-corrected chi connectivity index (χ0v) is 12.6. The van der Waals surface area contributed by atoms with Gasteiger partial charge in [0.1, 0.15) is 0 Å². The molecule has 20 heavy (non-hydrogen) atoms. The van der Waals surface area contributed by atoms with Crippen LogP contribution in [0.25, 0.3) is 0 Å². The SMILES string of the molecule is CC1(C)CC(C)(NNC(N)=O)CC(C)(NNC(N)=O)C1. The fourth-order valence-corrected chi connectivity index (χ4v) is 3.76. The van der Waals surface area contributed by atoms with Crippen LogP contribution in [0.4, 0.5) is 9.59 Å². The molecule has 0 spiro atoms. The highest BCUT2D eigenvalue weighted by Crippen LogP contribution is 2.45. The molecule has 0 aromatic rings. The number of rotatable bonds is 4. The van der Waals surface area contributed by atoms with Crippen LogP contribution in [0.2, 0.25) is 0 Å². The van der Waals surface area contributed by atoms with Gasteiger partial charge in [-0.2, -0.15) is 0 Å². The molecule has 1 rings (SSSR count). The largest absolute Gasteiger partial charge is 0.351 e. The predicted molar refractivity (Wildman–Crippen MR) is 76.2 cm³/mol. The molecular weight excluding hydrogens is 260 g/mol. The highest BCUT2D eigenvalue weighted by molar-refractivity contribution is 5.71. The lowest BCUT2D eigenvalue weighted by atomic mass is 9.62. The molecule has 8 nitrogen and oxygen atoms in total. The molecule has 0 radical (unpaired) electrons. The van der Waals surface area contributed by atoms with E-state index in [-0.39, 0.29) is 16.5 Å². The smallest absolute Gasteiger partial charge is 0.326 e. The van der Waals surface area contributed by atoms with Gasteiger partial charge in [-0.15, -0.1) is 0 Å². The van der Waals surface area contributed by atoms with Crippen LogP contribution in [0.5, 0.6) is 0 Å². The minimum Gasteiger partial charge on any atom is -0.351 e.